The lowest BCUT2D eigenvalue weighted by Crippen LogP contribution is -2.43. The van der Waals surface area contributed by atoms with Crippen molar-refractivity contribution in [2.45, 2.75) is 45.8 Å². The standard InChI is InChI=1S/C16H23FN2O/c1-5-16(4)15(20)19(10-11(2)3)14(18-16)12-8-6-7-9-13(12)17/h6-9,11,14,18H,5,10H2,1-4H3. The van der Waals surface area contributed by atoms with Crippen molar-refractivity contribution in [2.75, 3.05) is 6.54 Å². The zero-order valence-electron chi connectivity index (χ0n) is 12.6. The Morgan fingerprint density at radius 2 is 2.05 bits per heavy atom. The normalized spacial score (nSPS) is 26.6. The topological polar surface area (TPSA) is 32.3 Å². The number of hydrogen-bond donors (Lipinski definition) is 1. The average Bonchev–Trinajstić information content (AvgIpc) is 2.65. The molecular formula is C16H23FN2O. The summed E-state index contributed by atoms with van der Waals surface area (Å²) in [5.41, 5.74) is -0.0688. The van der Waals surface area contributed by atoms with Crippen molar-refractivity contribution in [1.82, 2.24) is 10.2 Å². The van der Waals surface area contributed by atoms with Crippen molar-refractivity contribution in [3.05, 3.63) is 35.6 Å². The van der Waals surface area contributed by atoms with Gasteiger partial charge < -0.3 is 4.90 Å². The highest BCUT2D eigenvalue weighted by Crippen LogP contribution is 2.34. The zero-order chi connectivity index (χ0) is 14.9. The number of benzene rings is 1. The van der Waals surface area contributed by atoms with E-state index in [1.165, 1.54) is 6.07 Å². The SMILES string of the molecule is CCC1(C)NC(c2ccccc2F)N(CC(C)C)C1=O. The Balaban J connectivity index is 2.39. The number of halogens is 1. The summed E-state index contributed by atoms with van der Waals surface area (Å²) in [7, 11) is 0. The van der Waals surface area contributed by atoms with Gasteiger partial charge in [-0.3, -0.25) is 10.1 Å². The minimum Gasteiger partial charge on any atom is -0.321 e. The van der Waals surface area contributed by atoms with Crippen LogP contribution in [0, 0.1) is 11.7 Å². The van der Waals surface area contributed by atoms with Gasteiger partial charge in [0.2, 0.25) is 5.91 Å². The van der Waals surface area contributed by atoms with E-state index in [1.807, 2.05) is 13.8 Å². The maximum Gasteiger partial charge on any atom is 0.244 e. The summed E-state index contributed by atoms with van der Waals surface area (Å²) in [6.45, 7) is 8.62. The number of hydrogen-bond acceptors (Lipinski definition) is 2. The highest BCUT2D eigenvalue weighted by atomic mass is 19.1. The summed E-state index contributed by atoms with van der Waals surface area (Å²) in [6, 6.07) is 6.66. The molecule has 0 radical (unpaired) electrons. The van der Waals surface area contributed by atoms with Crippen LogP contribution in [-0.2, 0) is 4.79 Å². The van der Waals surface area contributed by atoms with E-state index in [0.29, 0.717) is 24.4 Å². The first-order valence-electron chi connectivity index (χ1n) is 7.22. The maximum absolute atomic E-state index is 14.1. The van der Waals surface area contributed by atoms with Crippen LogP contribution in [-0.4, -0.2) is 22.9 Å². The second-order valence-corrected chi connectivity index (χ2v) is 6.11. The van der Waals surface area contributed by atoms with Crippen LogP contribution < -0.4 is 5.32 Å². The fourth-order valence-corrected chi connectivity index (χ4v) is 2.65. The quantitative estimate of drug-likeness (QED) is 0.918. The largest absolute Gasteiger partial charge is 0.321 e. The van der Waals surface area contributed by atoms with E-state index in [1.54, 1.807) is 23.1 Å². The molecule has 2 rings (SSSR count). The lowest BCUT2D eigenvalue weighted by molar-refractivity contribution is -0.133. The van der Waals surface area contributed by atoms with Gasteiger partial charge in [-0.1, -0.05) is 39.0 Å². The van der Waals surface area contributed by atoms with Crippen molar-refractivity contribution < 1.29 is 9.18 Å². The molecule has 3 nitrogen and oxygen atoms in total. The first kappa shape index (κ1) is 15.0. The molecule has 0 aromatic heterocycles. The number of carbonyl (C=O) groups is 1. The summed E-state index contributed by atoms with van der Waals surface area (Å²) < 4.78 is 14.1. The molecule has 1 aromatic carbocycles. The predicted molar refractivity (Wildman–Crippen MR) is 77.5 cm³/mol. The molecule has 2 atom stereocenters. The molecule has 1 saturated heterocycles. The van der Waals surface area contributed by atoms with E-state index in [2.05, 4.69) is 19.2 Å². The van der Waals surface area contributed by atoms with Gasteiger partial charge in [-0.25, -0.2) is 4.39 Å². The van der Waals surface area contributed by atoms with Gasteiger partial charge in [-0.05, 0) is 25.3 Å². The molecule has 1 heterocycles. The summed E-state index contributed by atoms with van der Waals surface area (Å²) in [5.74, 6) is 0.128. The molecule has 0 bridgehead atoms. The second kappa shape index (κ2) is 5.52. The first-order chi connectivity index (χ1) is 9.39. The number of nitrogens with one attached hydrogen (secondary N) is 1. The van der Waals surface area contributed by atoms with Gasteiger partial charge in [0, 0.05) is 12.1 Å². The Morgan fingerprint density at radius 1 is 1.40 bits per heavy atom. The molecule has 20 heavy (non-hydrogen) atoms. The smallest absolute Gasteiger partial charge is 0.244 e. The van der Waals surface area contributed by atoms with Gasteiger partial charge in [0.25, 0.3) is 0 Å². The Labute approximate surface area is 120 Å². The molecule has 1 aromatic rings. The summed E-state index contributed by atoms with van der Waals surface area (Å²) >= 11 is 0. The van der Waals surface area contributed by atoms with Gasteiger partial charge >= 0.3 is 0 Å². The Hall–Kier alpha value is -1.42. The molecule has 0 aliphatic carbocycles. The van der Waals surface area contributed by atoms with Crippen LogP contribution in [0.15, 0.2) is 24.3 Å². The minimum atomic E-state index is -0.609. The summed E-state index contributed by atoms with van der Waals surface area (Å²) in [6.07, 6.45) is 0.307. The van der Waals surface area contributed by atoms with Crippen LogP contribution in [0.1, 0.15) is 45.8 Å². The molecule has 1 N–H and O–H groups in total. The lowest BCUT2D eigenvalue weighted by atomic mass is 9.99. The molecule has 2 unspecified atom stereocenters. The van der Waals surface area contributed by atoms with Crippen molar-refractivity contribution >= 4 is 5.91 Å². The second-order valence-electron chi connectivity index (χ2n) is 6.11. The van der Waals surface area contributed by atoms with E-state index in [4.69, 9.17) is 0 Å². The number of rotatable bonds is 4. The fraction of sp³-hybridized carbons (Fsp3) is 0.562. The Bertz CT molecular complexity index is 503. The van der Waals surface area contributed by atoms with E-state index in [0.717, 1.165) is 0 Å². The van der Waals surface area contributed by atoms with Crippen molar-refractivity contribution in [1.29, 1.82) is 0 Å². The average molecular weight is 278 g/mol. The molecule has 0 spiro atoms. The van der Waals surface area contributed by atoms with E-state index in [9.17, 15) is 9.18 Å². The number of nitrogens with zero attached hydrogens (tertiary/aromatic N) is 1. The number of amides is 1. The molecule has 110 valence electrons. The predicted octanol–water partition coefficient (Wildman–Crippen LogP) is 3.08. The Kier molecular flexibility index (Phi) is 4.14. The zero-order valence-corrected chi connectivity index (χ0v) is 12.6. The molecule has 1 amide bonds. The third-order valence-corrected chi connectivity index (χ3v) is 3.97. The summed E-state index contributed by atoms with van der Waals surface area (Å²) in [5, 5.41) is 3.32. The van der Waals surface area contributed by atoms with Crippen LogP contribution in [0.2, 0.25) is 0 Å². The van der Waals surface area contributed by atoms with Crippen molar-refractivity contribution in [3.63, 3.8) is 0 Å². The molecule has 4 heteroatoms. The van der Waals surface area contributed by atoms with Gasteiger partial charge in [0.1, 0.15) is 12.0 Å². The highest BCUT2D eigenvalue weighted by Gasteiger charge is 2.47. The molecule has 0 saturated carbocycles. The van der Waals surface area contributed by atoms with Crippen LogP contribution in [0.5, 0.6) is 0 Å². The van der Waals surface area contributed by atoms with Crippen molar-refractivity contribution in [3.8, 4) is 0 Å². The van der Waals surface area contributed by atoms with Gasteiger partial charge in [-0.15, -0.1) is 0 Å². The van der Waals surface area contributed by atoms with Crippen LogP contribution in [0.3, 0.4) is 0 Å². The minimum absolute atomic E-state index is 0.0574. The monoisotopic (exact) mass is 278 g/mol. The van der Waals surface area contributed by atoms with E-state index < -0.39 is 5.54 Å². The Morgan fingerprint density at radius 3 is 2.60 bits per heavy atom. The summed E-state index contributed by atoms with van der Waals surface area (Å²) in [4.78, 5) is 14.4. The van der Waals surface area contributed by atoms with Crippen LogP contribution in [0.25, 0.3) is 0 Å². The fourth-order valence-electron chi connectivity index (χ4n) is 2.65. The highest BCUT2D eigenvalue weighted by molar-refractivity contribution is 5.88. The third-order valence-electron chi connectivity index (χ3n) is 3.97. The third kappa shape index (κ3) is 2.57. The molecular weight excluding hydrogens is 255 g/mol. The van der Waals surface area contributed by atoms with Crippen molar-refractivity contribution in [2.24, 2.45) is 5.92 Å². The van der Waals surface area contributed by atoms with Gasteiger partial charge in [0.15, 0.2) is 0 Å². The first-order valence-corrected chi connectivity index (χ1v) is 7.22. The molecule has 1 fully saturated rings. The van der Waals surface area contributed by atoms with Crippen LogP contribution in [0.4, 0.5) is 4.39 Å². The molecule has 1 aliphatic heterocycles. The van der Waals surface area contributed by atoms with Gasteiger partial charge in [-0.2, -0.15) is 0 Å². The van der Waals surface area contributed by atoms with E-state index in [-0.39, 0.29) is 17.9 Å². The molecule has 1 aliphatic rings. The van der Waals surface area contributed by atoms with Gasteiger partial charge in [0.05, 0.1) is 5.54 Å². The maximum atomic E-state index is 14.1. The van der Waals surface area contributed by atoms with E-state index >= 15 is 0 Å². The van der Waals surface area contributed by atoms with Crippen LogP contribution >= 0.6 is 0 Å². The lowest BCUT2D eigenvalue weighted by Gasteiger charge is -2.26. The number of carbonyl (C=O) groups excluding carboxylic acids is 1.